The number of aliphatic hydroxyl groups excluding tert-OH is 4. The summed E-state index contributed by atoms with van der Waals surface area (Å²) in [6.07, 6.45) is 2.51. The Balaban J connectivity index is 0.826. The maximum atomic E-state index is 12.6. The molecule has 13 heteroatoms. The summed E-state index contributed by atoms with van der Waals surface area (Å²) in [7, 11) is 0. The standard InChI is InChI=1S/C41H64O13/c1-20-15-31(52-36(44)34(20)53-38-49-23(4)35(37(45)54-38)51-32-18-30(42)33(43)22(3)48-32)50-26-9-12-39(5)25(17-26)7-8-29-28(39)10-13-40(6)27(11-14-41(29,40)46)24-16-21(2)47-19-24/h16,20,22-23,25-38,42-46H,2,7-15,17-19H2,1,3-6H3/t20-,22+,23+,25+,26-,27+,28-,29?,30-,31-,32-,33+,34+,35+,36-,37-,38-,39-,40+,41-/m0/s1. The first-order chi connectivity index (χ1) is 25.6. The molecule has 3 saturated heterocycles. The predicted octanol–water partition coefficient (Wildman–Crippen LogP) is 3.98. The Hall–Kier alpha value is -1.20. The Morgan fingerprint density at radius 1 is 0.741 bits per heavy atom. The number of allylic oxidation sites excluding steroid dienone is 1. The molecule has 0 radical (unpaired) electrons. The van der Waals surface area contributed by atoms with Crippen molar-refractivity contribution in [3.63, 3.8) is 0 Å². The molecule has 0 bridgehead atoms. The number of rotatable bonds is 7. The molecule has 0 spiro atoms. The zero-order valence-corrected chi connectivity index (χ0v) is 32.6. The number of hydrogen-bond acceptors (Lipinski definition) is 13. The van der Waals surface area contributed by atoms with Crippen LogP contribution in [0.5, 0.6) is 0 Å². The average molecular weight is 765 g/mol. The van der Waals surface area contributed by atoms with E-state index in [1.54, 1.807) is 13.8 Å². The van der Waals surface area contributed by atoms with Gasteiger partial charge in [-0.3, -0.25) is 4.74 Å². The zero-order valence-electron chi connectivity index (χ0n) is 32.6. The minimum atomic E-state index is -1.43. The maximum Gasteiger partial charge on any atom is 0.274 e. The normalized spacial score (nSPS) is 55.0. The van der Waals surface area contributed by atoms with Crippen molar-refractivity contribution in [3.8, 4) is 0 Å². The fourth-order valence-corrected chi connectivity index (χ4v) is 12.4. The maximum absolute atomic E-state index is 12.6. The number of ether oxygens (including phenoxy) is 8. The molecule has 306 valence electrons. The third-order valence-corrected chi connectivity index (χ3v) is 15.6. The van der Waals surface area contributed by atoms with Gasteiger partial charge in [0.2, 0.25) is 0 Å². The van der Waals surface area contributed by atoms with Crippen molar-refractivity contribution in [2.45, 2.75) is 185 Å². The van der Waals surface area contributed by atoms with Gasteiger partial charge in [0.05, 0.1) is 30.0 Å². The van der Waals surface area contributed by atoms with Crippen molar-refractivity contribution in [1.29, 1.82) is 0 Å². The Labute approximate surface area is 319 Å². The van der Waals surface area contributed by atoms with Crippen LogP contribution in [-0.2, 0) is 37.9 Å². The molecule has 4 aliphatic carbocycles. The molecule has 0 aromatic carbocycles. The first kappa shape index (κ1) is 39.6. The second kappa shape index (κ2) is 14.9. The van der Waals surface area contributed by atoms with Gasteiger partial charge in [-0.25, -0.2) is 0 Å². The molecule has 8 rings (SSSR count). The molecule has 4 saturated carbocycles. The number of fused-ring (bicyclic) bond motifs is 5. The van der Waals surface area contributed by atoms with Gasteiger partial charge in [-0.15, -0.1) is 0 Å². The lowest BCUT2D eigenvalue weighted by Gasteiger charge is -2.64. The van der Waals surface area contributed by atoms with E-state index in [1.807, 2.05) is 6.92 Å². The molecule has 8 aliphatic rings. The molecule has 54 heavy (non-hydrogen) atoms. The summed E-state index contributed by atoms with van der Waals surface area (Å²) >= 11 is 0. The highest BCUT2D eigenvalue weighted by Crippen LogP contribution is 2.70. The summed E-state index contributed by atoms with van der Waals surface area (Å²) in [6, 6.07) is 0. The van der Waals surface area contributed by atoms with Crippen LogP contribution in [0.1, 0.15) is 105 Å². The van der Waals surface area contributed by atoms with E-state index in [0.29, 0.717) is 36.7 Å². The molecule has 0 amide bonds. The summed E-state index contributed by atoms with van der Waals surface area (Å²) in [5.41, 5.74) is 0.661. The molecule has 4 aliphatic heterocycles. The molecule has 1 unspecified atom stereocenters. The Morgan fingerprint density at radius 2 is 1.50 bits per heavy atom. The van der Waals surface area contributed by atoms with Gasteiger partial charge in [0.15, 0.2) is 25.2 Å². The summed E-state index contributed by atoms with van der Waals surface area (Å²) in [5.74, 6) is 2.22. The molecule has 0 aromatic rings. The van der Waals surface area contributed by atoms with Gasteiger partial charge in [-0.2, -0.15) is 0 Å². The lowest BCUT2D eigenvalue weighted by Crippen LogP contribution is -2.62. The highest BCUT2D eigenvalue weighted by atomic mass is 16.9. The lowest BCUT2D eigenvalue weighted by molar-refractivity contribution is -0.443. The van der Waals surface area contributed by atoms with E-state index in [0.717, 1.165) is 63.5 Å². The van der Waals surface area contributed by atoms with Gasteiger partial charge < -0.3 is 58.7 Å². The fourth-order valence-electron chi connectivity index (χ4n) is 12.4. The summed E-state index contributed by atoms with van der Waals surface area (Å²) in [5, 5.41) is 54.6. The molecule has 7 fully saturated rings. The van der Waals surface area contributed by atoms with E-state index in [2.05, 4.69) is 26.5 Å². The van der Waals surface area contributed by atoms with Crippen LogP contribution in [0.4, 0.5) is 0 Å². The minimum Gasteiger partial charge on any atom is -0.490 e. The van der Waals surface area contributed by atoms with Crippen molar-refractivity contribution < 1.29 is 63.4 Å². The molecule has 20 atom stereocenters. The highest BCUT2D eigenvalue weighted by molar-refractivity contribution is 5.30. The van der Waals surface area contributed by atoms with Crippen molar-refractivity contribution in [3.05, 3.63) is 24.0 Å². The first-order valence-corrected chi connectivity index (χ1v) is 20.6. The first-order valence-electron chi connectivity index (χ1n) is 20.6. The minimum absolute atomic E-state index is 0.0233. The quantitative estimate of drug-likeness (QED) is 0.236. The number of aliphatic hydroxyl groups is 5. The lowest BCUT2D eigenvalue weighted by atomic mass is 9.43. The smallest absolute Gasteiger partial charge is 0.274 e. The van der Waals surface area contributed by atoms with E-state index in [9.17, 15) is 25.5 Å². The van der Waals surface area contributed by atoms with Crippen LogP contribution >= 0.6 is 0 Å². The topological polar surface area (TPSA) is 175 Å². The van der Waals surface area contributed by atoms with Gasteiger partial charge in [-0.1, -0.05) is 27.4 Å². The second-order valence-corrected chi connectivity index (χ2v) is 18.6. The van der Waals surface area contributed by atoms with Gasteiger partial charge in [0, 0.05) is 18.3 Å². The van der Waals surface area contributed by atoms with E-state index in [4.69, 9.17) is 37.9 Å². The Morgan fingerprint density at radius 3 is 2.20 bits per heavy atom. The van der Waals surface area contributed by atoms with Crippen LogP contribution in [-0.4, -0.2) is 112 Å². The predicted molar refractivity (Wildman–Crippen MR) is 192 cm³/mol. The van der Waals surface area contributed by atoms with E-state index in [-0.39, 0.29) is 29.3 Å². The van der Waals surface area contributed by atoms with E-state index < -0.39 is 73.9 Å². The van der Waals surface area contributed by atoms with Gasteiger partial charge in [0.25, 0.3) is 6.48 Å². The third kappa shape index (κ3) is 6.83. The van der Waals surface area contributed by atoms with Crippen LogP contribution in [0.25, 0.3) is 0 Å². The molecule has 4 heterocycles. The second-order valence-electron chi connectivity index (χ2n) is 18.6. The van der Waals surface area contributed by atoms with Crippen LogP contribution in [0.3, 0.4) is 0 Å². The van der Waals surface area contributed by atoms with Crippen LogP contribution in [0, 0.1) is 40.4 Å². The molecular formula is C41H64O13. The fraction of sp³-hybridized carbons (Fsp3) is 0.902. The highest BCUT2D eigenvalue weighted by Gasteiger charge is 2.67. The van der Waals surface area contributed by atoms with Crippen molar-refractivity contribution in [2.75, 3.05) is 6.61 Å². The average Bonchev–Trinajstić information content (AvgIpc) is 3.66. The molecule has 5 N–H and O–H groups in total. The summed E-state index contributed by atoms with van der Waals surface area (Å²) in [6.45, 7) is 13.5. The monoisotopic (exact) mass is 764 g/mol. The van der Waals surface area contributed by atoms with Crippen molar-refractivity contribution in [1.82, 2.24) is 0 Å². The van der Waals surface area contributed by atoms with Gasteiger partial charge >= 0.3 is 0 Å². The Bertz CT molecular complexity index is 1370. The van der Waals surface area contributed by atoms with Crippen LogP contribution in [0.15, 0.2) is 24.0 Å². The van der Waals surface area contributed by atoms with E-state index in [1.165, 1.54) is 5.57 Å². The molecular weight excluding hydrogens is 700 g/mol. The SMILES string of the molecule is C=C1C=C([C@H]2CC[C@]3(O)C4CC[C@@H]5C[C@@H](O[C@@H]6C[C@H](C)[C@@H](O[C@@H]7O[C@H](C)[C@@H](O[C@H]8C[C@H](O)[C@H](O)[C@@H](C)O8)[C@@H](O)O7)[C@@H](O)O6)CC[C@]5(C)[C@H]4CC[C@]23C)CO1. The molecule has 0 aromatic heterocycles. The number of hydrogen-bond donors (Lipinski definition) is 5. The van der Waals surface area contributed by atoms with Crippen molar-refractivity contribution >= 4 is 0 Å². The molecule has 13 nitrogen and oxygen atoms in total. The van der Waals surface area contributed by atoms with Gasteiger partial charge in [0.1, 0.15) is 30.7 Å². The van der Waals surface area contributed by atoms with E-state index >= 15 is 0 Å². The Kier molecular flexibility index (Phi) is 10.9. The van der Waals surface area contributed by atoms with Crippen LogP contribution in [0.2, 0.25) is 0 Å². The summed E-state index contributed by atoms with van der Waals surface area (Å²) < 4.78 is 47.3. The van der Waals surface area contributed by atoms with Gasteiger partial charge in [-0.05, 0) is 118 Å². The van der Waals surface area contributed by atoms with Crippen LogP contribution < -0.4 is 0 Å². The third-order valence-electron chi connectivity index (χ3n) is 15.6. The largest absolute Gasteiger partial charge is 0.490 e. The summed E-state index contributed by atoms with van der Waals surface area (Å²) in [4.78, 5) is 0. The van der Waals surface area contributed by atoms with Crippen molar-refractivity contribution in [2.24, 2.45) is 40.4 Å². The zero-order chi connectivity index (χ0) is 38.3.